The van der Waals surface area contributed by atoms with Crippen molar-refractivity contribution in [3.63, 3.8) is 0 Å². The molecule has 0 bridgehead atoms. The van der Waals surface area contributed by atoms with Crippen molar-refractivity contribution in [3.8, 4) is 11.8 Å². The summed E-state index contributed by atoms with van der Waals surface area (Å²) in [4.78, 5) is 2.26. The molecule has 1 fully saturated rings. The zero-order valence-electron chi connectivity index (χ0n) is 17.6. The number of ether oxygens (including phenoxy) is 2. The molecule has 0 aliphatic carbocycles. The van der Waals surface area contributed by atoms with E-state index in [9.17, 15) is 5.26 Å². The van der Waals surface area contributed by atoms with E-state index in [2.05, 4.69) is 26.5 Å². The minimum atomic E-state index is 0.276. The molecule has 1 aliphatic rings. The first-order chi connectivity index (χ1) is 15.1. The van der Waals surface area contributed by atoms with Gasteiger partial charge in [-0.25, -0.2) is 0 Å². The molecule has 1 aliphatic heterocycles. The summed E-state index contributed by atoms with van der Waals surface area (Å²) in [6.45, 7) is 2.08. The highest BCUT2D eigenvalue weighted by molar-refractivity contribution is 6.32. The summed E-state index contributed by atoms with van der Waals surface area (Å²) in [5.41, 5.74) is 1.57. The van der Waals surface area contributed by atoms with Crippen molar-refractivity contribution in [2.24, 2.45) is 0 Å². The largest absolute Gasteiger partial charge is 0.495 e. The molecule has 0 saturated carbocycles. The van der Waals surface area contributed by atoms with Gasteiger partial charge in [0.2, 0.25) is 0 Å². The maximum absolute atomic E-state index is 9.41. The van der Waals surface area contributed by atoms with Gasteiger partial charge in [0.1, 0.15) is 5.75 Å². The Balaban J connectivity index is 1.68. The van der Waals surface area contributed by atoms with Crippen LogP contribution in [0, 0.1) is 11.3 Å². The maximum atomic E-state index is 9.41. The van der Waals surface area contributed by atoms with Gasteiger partial charge in [-0.05, 0) is 48.7 Å². The second-order valence-electron chi connectivity index (χ2n) is 7.51. The maximum Gasteiger partial charge on any atom is 0.159 e. The Kier molecular flexibility index (Phi) is 6.40. The number of nitrogens with one attached hydrogen (secondary N) is 1. The topological polar surface area (TPSA) is 83.3 Å². The Morgan fingerprint density at radius 1 is 1.19 bits per heavy atom. The number of fused-ring (bicyclic) bond motifs is 1. The van der Waals surface area contributed by atoms with Crippen molar-refractivity contribution in [1.82, 2.24) is 10.2 Å². The van der Waals surface area contributed by atoms with Crippen LogP contribution >= 0.6 is 11.6 Å². The molecule has 8 heteroatoms. The lowest BCUT2D eigenvalue weighted by Gasteiger charge is -2.26. The second-order valence-corrected chi connectivity index (χ2v) is 7.92. The fourth-order valence-electron chi connectivity index (χ4n) is 4.04. The Labute approximate surface area is 186 Å². The van der Waals surface area contributed by atoms with Crippen LogP contribution in [0.25, 0.3) is 10.8 Å². The summed E-state index contributed by atoms with van der Waals surface area (Å²) in [6, 6.07) is 13.8. The van der Waals surface area contributed by atoms with Gasteiger partial charge in [-0.3, -0.25) is 0 Å². The van der Waals surface area contributed by atoms with Crippen molar-refractivity contribution < 1.29 is 9.47 Å². The number of rotatable bonds is 7. The Hall–Kier alpha value is -3.08. The third-order valence-electron chi connectivity index (χ3n) is 5.57. The number of anilines is 2. The summed E-state index contributed by atoms with van der Waals surface area (Å²) < 4.78 is 10.6. The van der Waals surface area contributed by atoms with Crippen molar-refractivity contribution >= 4 is 34.0 Å². The molecule has 2 heterocycles. The molecular formula is C23H24ClN5O2. The van der Waals surface area contributed by atoms with Gasteiger partial charge in [-0.15, -0.1) is 10.2 Å². The van der Waals surface area contributed by atoms with Crippen molar-refractivity contribution in [2.45, 2.75) is 25.4 Å². The van der Waals surface area contributed by atoms with Crippen LogP contribution in [-0.4, -0.2) is 43.6 Å². The van der Waals surface area contributed by atoms with E-state index >= 15 is 0 Å². The van der Waals surface area contributed by atoms with Gasteiger partial charge in [-0.2, -0.15) is 5.26 Å². The molecule has 1 aromatic heterocycles. The number of halogens is 1. The number of methoxy groups -OCH3 is 2. The second kappa shape index (κ2) is 9.38. The number of nitriles is 1. The molecule has 1 N–H and O–H groups in total. The van der Waals surface area contributed by atoms with E-state index in [1.807, 2.05) is 36.4 Å². The van der Waals surface area contributed by atoms with Crippen LogP contribution in [0.4, 0.5) is 11.6 Å². The molecule has 1 atom stereocenters. The van der Waals surface area contributed by atoms with Crippen molar-refractivity contribution in [1.29, 1.82) is 5.26 Å². The number of hydrogen-bond acceptors (Lipinski definition) is 7. The number of benzene rings is 2. The monoisotopic (exact) mass is 437 g/mol. The van der Waals surface area contributed by atoms with E-state index in [0.29, 0.717) is 35.3 Å². The van der Waals surface area contributed by atoms with Crippen molar-refractivity contribution in [3.05, 3.63) is 52.5 Å². The zero-order chi connectivity index (χ0) is 21.8. The Bertz CT molecular complexity index is 1130. The number of hydrogen-bond donors (Lipinski definition) is 1. The highest BCUT2D eigenvalue weighted by atomic mass is 35.5. The quantitative estimate of drug-likeness (QED) is 0.586. The molecule has 0 amide bonds. The molecule has 0 radical (unpaired) electrons. The average Bonchev–Trinajstić information content (AvgIpc) is 3.25. The zero-order valence-corrected chi connectivity index (χ0v) is 18.3. The lowest BCUT2D eigenvalue weighted by Crippen LogP contribution is -2.33. The van der Waals surface area contributed by atoms with E-state index in [1.54, 1.807) is 14.2 Å². The minimum absolute atomic E-state index is 0.276. The van der Waals surface area contributed by atoms with E-state index in [0.717, 1.165) is 41.5 Å². The molecule has 160 valence electrons. The summed E-state index contributed by atoms with van der Waals surface area (Å²) in [5, 5.41) is 24.2. The minimum Gasteiger partial charge on any atom is -0.495 e. The summed E-state index contributed by atoms with van der Waals surface area (Å²) >= 11 is 6.25. The predicted octanol–water partition coefficient (Wildman–Crippen LogP) is 4.39. The average molecular weight is 438 g/mol. The van der Waals surface area contributed by atoms with Crippen LogP contribution in [0.2, 0.25) is 5.02 Å². The summed E-state index contributed by atoms with van der Waals surface area (Å²) in [6.07, 6.45) is 2.15. The van der Waals surface area contributed by atoms with Gasteiger partial charge >= 0.3 is 0 Å². The van der Waals surface area contributed by atoms with E-state index in [4.69, 9.17) is 21.1 Å². The highest BCUT2D eigenvalue weighted by Crippen LogP contribution is 2.34. The van der Waals surface area contributed by atoms with Gasteiger partial charge < -0.3 is 19.7 Å². The van der Waals surface area contributed by atoms with Crippen LogP contribution in [0.15, 0.2) is 36.4 Å². The lowest BCUT2D eigenvalue weighted by atomic mass is 10.1. The first-order valence-electron chi connectivity index (χ1n) is 10.2. The van der Waals surface area contributed by atoms with E-state index < -0.39 is 0 Å². The van der Waals surface area contributed by atoms with Gasteiger partial charge in [0.15, 0.2) is 11.6 Å². The van der Waals surface area contributed by atoms with Crippen LogP contribution < -0.4 is 15.0 Å². The summed E-state index contributed by atoms with van der Waals surface area (Å²) in [7, 11) is 3.31. The third kappa shape index (κ3) is 4.36. The predicted molar refractivity (Wildman–Crippen MR) is 122 cm³/mol. The SMILES string of the molecule is COCC1CCCN1c1nnc(NCc2ccc(OC)c(Cl)c2)c2cc(C#N)ccc12. The summed E-state index contributed by atoms with van der Waals surface area (Å²) in [5.74, 6) is 2.09. The molecule has 4 rings (SSSR count). The first-order valence-corrected chi connectivity index (χ1v) is 10.5. The van der Waals surface area contributed by atoms with Crippen molar-refractivity contribution in [2.75, 3.05) is 37.6 Å². The van der Waals surface area contributed by atoms with E-state index in [-0.39, 0.29) is 6.04 Å². The van der Waals surface area contributed by atoms with Gasteiger partial charge in [0.25, 0.3) is 0 Å². The van der Waals surface area contributed by atoms with Crippen LogP contribution in [0.3, 0.4) is 0 Å². The van der Waals surface area contributed by atoms with Crippen LogP contribution in [0.5, 0.6) is 5.75 Å². The van der Waals surface area contributed by atoms with Gasteiger partial charge in [0, 0.05) is 31.0 Å². The smallest absolute Gasteiger partial charge is 0.159 e. The molecule has 2 aromatic carbocycles. The Morgan fingerprint density at radius 2 is 2.06 bits per heavy atom. The third-order valence-corrected chi connectivity index (χ3v) is 5.87. The Morgan fingerprint density at radius 3 is 2.81 bits per heavy atom. The number of aromatic nitrogens is 2. The molecule has 31 heavy (non-hydrogen) atoms. The van der Waals surface area contributed by atoms with Gasteiger partial charge in [0.05, 0.1) is 36.4 Å². The fraction of sp³-hybridized carbons (Fsp3) is 0.348. The lowest BCUT2D eigenvalue weighted by molar-refractivity contribution is 0.180. The molecule has 0 spiro atoms. The standard InChI is InChI=1S/C23H24ClN5O2/c1-30-14-17-4-3-9-29(17)23-18-7-5-15(12-25)10-19(18)22(27-28-23)26-13-16-6-8-21(31-2)20(24)11-16/h5-8,10-11,17H,3-4,9,13-14H2,1-2H3,(H,26,27). The van der Waals surface area contributed by atoms with Crippen LogP contribution in [-0.2, 0) is 11.3 Å². The van der Waals surface area contributed by atoms with E-state index in [1.165, 1.54) is 0 Å². The molecule has 1 unspecified atom stereocenters. The van der Waals surface area contributed by atoms with Gasteiger partial charge in [-0.1, -0.05) is 17.7 Å². The normalized spacial score (nSPS) is 15.8. The highest BCUT2D eigenvalue weighted by Gasteiger charge is 2.28. The molecular weight excluding hydrogens is 414 g/mol. The molecule has 3 aromatic rings. The first kappa shape index (κ1) is 21.2. The van der Waals surface area contributed by atoms with Crippen LogP contribution in [0.1, 0.15) is 24.0 Å². The molecule has 1 saturated heterocycles. The number of nitrogens with zero attached hydrogens (tertiary/aromatic N) is 4. The molecule has 7 nitrogen and oxygen atoms in total. The fourth-order valence-corrected chi connectivity index (χ4v) is 4.32.